The van der Waals surface area contributed by atoms with Crippen molar-refractivity contribution in [2.75, 3.05) is 0 Å². The van der Waals surface area contributed by atoms with Gasteiger partial charge >= 0.3 is 0 Å². The molecule has 6 nitrogen and oxygen atoms in total. The van der Waals surface area contributed by atoms with Crippen molar-refractivity contribution >= 4 is 10.8 Å². The molecule has 0 spiro atoms. The lowest BCUT2D eigenvalue weighted by molar-refractivity contribution is 0.0594. The van der Waals surface area contributed by atoms with Crippen molar-refractivity contribution in [2.45, 2.75) is 38.0 Å². The van der Waals surface area contributed by atoms with Crippen molar-refractivity contribution in [1.29, 1.82) is 0 Å². The highest BCUT2D eigenvalue weighted by molar-refractivity contribution is 5.89. The molecule has 2 aromatic heterocycles. The van der Waals surface area contributed by atoms with Crippen molar-refractivity contribution in [3.63, 3.8) is 0 Å². The topological polar surface area (TPSA) is 77.2 Å². The fourth-order valence-electron chi connectivity index (χ4n) is 3.45. The molecule has 2 atom stereocenters. The number of hydrogen-bond donors (Lipinski definition) is 1. The maximum absolute atomic E-state index is 13.9. The summed E-state index contributed by atoms with van der Waals surface area (Å²) < 4.78 is 21.0. The largest absolute Gasteiger partial charge is 0.507 e. The van der Waals surface area contributed by atoms with Gasteiger partial charge in [0.05, 0.1) is 11.1 Å². The van der Waals surface area contributed by atoms with Gasteiger partial charge in [-0.2, -0.15) is 0 Å². The Kier molecular flexibility index (Phi) is 4.51. The van der Waals surface area contributed by atoms with Gasteiger partial charge in [0.2, 0.25) is 5.88 Å². The zero-order valence-corrected chi connectivity index (χ0v) is 14.9. The summed E-state index contributed by atoms with van der Waals surface area (Å²) in [4.78, 5) is 12.2. The van der Waals surface area contributed by atoms with Crippen molar-refractivity contribution < 1.29 is 14.2 Å². The highest BCUT2D eigenvalue weighted by atomic mass is 19.1. The molecule has 3 aromatic rings. The van der Waals surface area contributed by atoms with Crippen molar-refractivity contribution in [2.24, 2.45) is 7.05 Å². The minimum atomic E-state index is -0.979. The first kappa shape index (κ1) is 17.5. The molecule has 1 fully saturated rings. The Morgan fingerprint density at radius 1 is 1.19 bits per heavy atom. The summed E-state index contributed by atoms with van der Waals surface area (Å²) in [6.45, 7) is 0. The molecule has 1 aliphatic rings. The van der Waals surface area contributed by atoms with Gasteiger partial charge in [-0.1, -0.05) is 6.42 Å². The van der Waals surface area contributed by atoms with Crippen LogP contribution in [0.1, 0.15) is 25.7 Å². The Hall–Kier alpha value is -2.96. The molecule has 0 unspecified atom stereocenters. The highest BCUT2D eigenvalue weighted by Gasteiger charge is 2.26. The number of alkyl halides is 1. The second kappa shape index (κ2) is 6.98. The van der Waals surface area contributed by atoms with E-state index in [2.05, 4.69) is 10.2 Å². The van der Waals surface area contributed by atoms with Crippen LogP contribution < -0.4 is 10.3 Å². The van der Waals surface area contributed by atoms with E-state index in [1.165, 1.54) is 10.6 Å². The SMILES string of the molecule is Cn1ccc2cc(-c3ccc(O[C@H]4CCCC[C@H]4F)nn3)c(O)cc2c1=O. The van der Waals surface area contributed by atoms with Crippen molar-refractivity contribution in [1.82, 2.24) is 14.8 Å². The minimum absolute atomic E-state index is 0.0510. The average molecular weight is 369 g/mol. The van der Waals surface area contributed by atoms with Crippen LogP contribution in [-0.2, 0) is 7.05 Å². The van der Waals surface area contributed by atoms with Gasteiger partial charge in [-0.05, 0) is 48.9 Å². The molecular formula is C20H20FN3O3. The molecule has 7 heteroatoms. The lowest BCUT2D eigenvalue weighted by Crippen LogP contribution is -2.32. The highest BCUT2D eigenvalue weighted by Crippen LogP contribution is 2.32. The monoisotopic (exact) mass is 369 g/mol. The summed E-state index contributed by atoms with van der Waals surface area (Å²) in [5.41, 5.74) is 0.733. The predicted octanol–water partition coefficient (Wildman–Crippen LogP) is 3.36. The zero-order chi connectivity index (χ0) is 19.0. The molecule has 0 bridgehead atoms. The van der Waals surface area contributed by atoms with Crippen LogP contribution in [0.4, 0.5) is 4.39 Å². The van der Waals surface area contributed by atoms with E-state index in [-0.39, 0.29) is 17.2 Å². The standard InChI is InChI=1S/C20H20FN3O3/c1-24-9-8-12-10-14(17(25)11-13(12)20(24)26)16-6-7-19(23-22-16)27-18-5-3-2-4-15(18)21/h6-11,15,18,25H,2-5H2,1H3/t15-,18+/m1/s1. The summed E-state index contributed by atoms with van der Waals surface area (Å²) in [6, 6.07) is 8.23. The Morgan fingerprint density at radius 3 is 2.74 bits per heavy atom. The van der Waals surface area contributed by atoms with Gasteiger partial charge in [0, 0.05) is 24.9 Å². The molecule has 0 radical (unpaired) electrons. The van der Waals surface area contributed by atoms with Crippen LogP contribution in [0.2, 0.25) is 0 Å². The molecule has 1 saturated carbocycles. The van der Waals surface area contributed by atoms with E-state index in [9.17, 15) is 14.3 Å². The number of pyridine rings is 1. The third kappa shape index (κ3) is 3.37. The number of fused-ring (bicyclic) bond motifs is 1. The van der Waals surface area contributed by atoms with Gasteiger partial charge in [0.25, 0.3) is 5.56 Å². The maximum atomic E-state index is 13.9. The van der Waals surface area contributed by atoms with Crippen LogP contribution in [-0.4, -0.2) is 32.1 Å². The molecule has 4 rings (SSSR count). The van der Waals surface area contributed by atoms with Crippen LogP contribution in [0.25, 0.3) is 22.0 Å². The lowest BCUT2D eigenvalue weighted by Gasteiger charge is -2.25. The molecule has 27 heavy (non-hydrogen) atoms. The molecule has 0 aliphatic heterocycles. The number of benzene rings is 1. The van der Waals surface area contributed by atoms with E-state index < -0.39 is 12.3 Å². The van der Waals surface area contributed by atoms with Gasteiger partial charge in [-0.15, -0.1) is 10.2 Å². The number of aromatic hydroxyl groups is 1. The summed E-state index contributed by atoms with van der Waals surface area (Å²) >= 11 is 0. The van der Waals surface area contributed by atoms with Crippen LogP contribution in [0.15, 0.2) is 41.3 Å². The van der Waals surface area contributed by atoms with Gasteiger partial charge in [-0.25, -0.2) is 4.39 Å². The quantitative estimate of drug-likeness (QED) is 0.766. The van der Waals surface area contributed by atoms with E-state index in [1.54, 1.807) is 37.5 Å². The molecular weight excluding hydrogens is 349 g/mol. The van der Waals surface area contributed by atoms with Gasteiger partial charge < -0.3 is 14.4 Å². The number of aromatic nitrogens is 3. The number of aryl methyl sites for hydroxylation is 1. The molecule has 1 aliphatic carbocycles. The Bertz CT molecular complexity index is 1030. The third-order valence-electron chi connectivity index (χ3n) is 5.01. The lowest BCUT2D eigenvalue weighted by atomic mass is 9.96. The van der Waals surface area contributed by atoms with E-state index in [1.807, 2.05) is 0 Å². The summed E-state index contributed by atoms with van der Waals surface area (Å²) in [6.07, 6.45) is 3.23. The normalized spacial score (nSPS) is 19.9. The van der Waals surface area contributed by atoms with Crippen LogP contribution >= 0.6 is 0 Å². The maximum Gasteiger partial charge on any atom is 0.258 e. The average Bonchev–Trinajstić information content (AvgIpc) is 2.67. The van der Waals surface area contributed by atoms with Crippen LogP contribution in [0, 0.1) is 0 Å². The Labute approximate surface area is 155 Å². The molecule has 2 heterocycles. The van der Waals surface area contributed by atoms with Gasteiger partial charge in [0.1, 0.15) is 18.0 Å². The summed E-state index contributed by atoms with van der Waals surface area (Å²) in [7, 11) is 1.66. The predicted molar refractivity (Wildman–Crippen MR) is 99.7 cm³/mol. The number of ether oxygens (including phenoxy) is 1. The van der Waals surface area contributed by atoms with E-state index >= 15 is 0 Å². The van der Waals surface area contributed by atoms with Crippen LogP contribution in [0.3, 0.4) is 0 Å². The number of phenolic OH excluding ortho intramolecular Hbond substituents is 1. The number of rotatable bonds is 3. The molecule has 0 saturated heterocycles. The molecule has 140 valence electrons. The van der Waals surface area contributed by atoms with Crippen molar-refractivity contribution in [3.8, 4) is 22.9 Å². The molecule has 1 N–H and O–H groups in total. The van der Waals surface area contributed by atoms with E-state index in [0.717, 1.165) is 12.8 Å². The van der Waals surface area contributed by atoms with Gasteiger partial charge in [0.15, 0.2) is 0 Å². The molecule has 0 amide bonds. The fourth-order valence-corrected chi connectivity index (χ4v) is 3.45. The third-order valence-corrected chi connectivity index (χ3v) is 5.01. The summed E-state index contributed by atoms with van der Waals surface area (Å²) in [5.74, 6) is 0.215. The first-order valence-electron chi connectivity index (χ1n) is 9.00. The minimum Gasteiger partial charge on any atom is -0.507 e. The number of hydrogen-bond acceptors (Lipinski definition) is 5. The first-order chi connectivity index (χ1) is 13.0. The summed E-state index contributed by atoms with van der Waals surface area (Å²) in [5, 5.41) is 19.6. The first-order valence-corrected chi connectivity index (χ1v) is 9.00. The number of halogens is 1. The van der Waals surface area contributed by atoms with E-state index in [4.69, 9.17) is 4.74 Å². The second-order valence-corrected chi connectivity index (χ2v) is 6.90. The Morgan fingerprint density at radius 2 is 2.00 bits per heavy atom. The van der Waals surface area contributed by atoms with Gasteiger partial charge in [-0.3, -0.25) is 4.79 Å². The van der Waals surface area contributed by atoms with E-state index in [0.29, 0.717) is 34.9 Å². The fraction of sp³-hybridized carbons (Fsp3) is 0.350. The van der Waals surface area contributed by atoms with Crippen molar-refractivity contribution in [3.05, 3.63) is 46.9 Å². The smallest absolute Gasteiger partial charge is 0.258 e. The second-order valence-electron chi connectivity index (χ2n) is 6.90. The Balaban J connectivity index is 1.63. The number of phenols is 1. The van der Waals surface area contributed by atoms with Crippen LogP contribution in [0.5, 0.6) is 11.6 Å². The zero-order valence-electron chi connectivity index (χ0n) is 14.9. The number of nitrogens with zero attached hydrogens (tertiary/aromatic N) is 3. The molecule has 1 aromatic carbocycles.